The fourth-order valence-electron chi connectivity index (χ4n) is 3.39. The lowest BCUT2D eigenvalue weighted by molar-refractivity contribution is 0.171. The van der Waals surface area contributed by atoms with Crippen LogP contribution in [0, 0.1) is 5.82 Å². The number of thiocarbonyl (C=S) groups is 1. The monoisotopic (exact) mass is 392 g/mol. The topological polar surface area (TPSA) is 33.7 Å². The third kappa shape index (κ3) is 3.44. The Hall–Kier alpha value is -2.05. The summed E-state index contributed by atoms with van der Waals surface area (Å²) in [5.41, 5.74) is 1.82. The molecule has 2 heterocycles. The molecule has 0 bridgehead atoms. The summed E-state index contributed by atoms with van der Waals surface area (Å²) in [5.74, 6) is 1.12. The summed E-state index contributed by atoms with van der Waals surface area (Å²) in [6, 6.07) is 10.7. The van der Waals surface area contributed by atoms with E-state index in [1.165, 1.54) is 6.07 Å². The summed E-state index contributed by atoms with van der Waals surface area (Å²) in [4.78, 5) is 2.15. The molecule has 2 aliphatic heterocycles. The van der Waals surface area contributed by atoms with Gasteiger partial charge in [0, 0.05) is 12.2 Å². The molecule has 0 aromatic heterocycles. The molecule has 26 heavy (non-hydrogen) atoms. The van der Waals surface area contributed by atoms with Crippen LogP contribution in [0.25, 0.3) is 0 Å². The lowest BCUT2D eigenvalue weighted by Gasteiger charge is -2.29. The van der Waals surface area contributed by atoms with Crippen LogP contribution >= 0.6 is 23.8 Å². The number of likely N-dealkylation sites (tertiary alicyclic amines) is 1. The van der Waals surface area contributed by atoms with Crippen LogP contribution in [0.15, 0.2) is 36.4 Å². The standard InChI is InChI=1S/C19H18ClFN2O2S/c20-14-11-13(4-5-15(14)21)22-19(26)23-7-1-2-16(23)12-3-6-17-18(10-12)25-9-8-24-17/h3-6,10-11,16H,1-2,7-9H2,(H,22,26)/t16-/m1/s1. The number of fused-ring (bicyclic) bond motifs is 1. The first-order chi connectivity index (χ1) is 12.6. The number of hydrogen-bond donors (Lipinski definition) is 1. The number of anilines is 1. The third-order valence-electron chi connectivity index (χ3n) is 4.64. The van der Waals surface area contributed by atoms with Crippen molar-refractivity contribution in [2.45, 2.75) is 18.9 Å². The van der Waals surface area contributed by atoms with Gasteiger partial charge in [-0.15, -0.1) is 0 Å². The molecule has 4 nitrogen and oxygen atoms in total. The van der Waals surface area contributed by atoms with E-state index in [1.807, 2.05) is 12.1 Å². The van der Waals surface area contributed by atoms with E-state index in [0.29, 0.717) is 24.0 Å². The highest BCUT2D eigenvalue weighted by Crippen LogP contribution is 2.38. The van der Waals surface area contributed by atoms with E-state index in [-0.39, 0.29) is 11.1 Å². The van der Waals surface area contributed by atoms with Gasteiger partial charge in [0.05, 0.1) is 11.1 Å². The molecule has 7 heteroatoms. The van der Waals surface area contributed by atoms with Gasteiger partial charge in [-0.05, 0) is 61.0 Å². The molecule has 2 aromatic carbocycles. The largest absolute Gasteiger partial charge is 0.486 e. The molecule has 2 aliphatic rings. The van der Waals surface area contributed by atoms with Gasteiger partial charge in [0.2, 0.25) is 0 Å². The molecule has 136 valence electrons. The lowest BCUT2D eigenvalue weighted by Crippen LogP contribution is -2.34. The number of ether oxygens (including phenoxy) is 2. The Morgan fingerprint density at radius 2 is 1.96 bits per heavy atom. The maximum atomic E-state index is 13.3. The first kappa shape index (κ1) is 17.4. The molecular weight excluding hydrogens is 375 g/mol. The lowest BCUT2D eigenvalue weighted by atomic mass is 10.0. The molecule has 0 amide bonds. The van der Waals surface area contributed by atoms with Crippen LogP contribution in [-0.4, -0.2) is 29.8 Å². The molecule has 0 spiro atoms. The summed E-state index contributed by atoms with van der Waals surface area (Å²) >= 11 is 11.4. The average Bonchev–Trinajstić information content (AvgIpc) is 3.14. The van der Waals surface area contributed by atoms with Crippen molar-refractivity contribution in [1.82, 2.24) is 4.90 Å². The summed E-state index contributed by atoms with van der Waals surface area (Å²) in [6.45, 7) is 2.01. The molecule has 1 saturated heterocycles. The first-order valence-corrected chi connectivity index (χ1v) is 9.32. The van der Waals surface area contributed by atoms with Crippen molar-refractivity contribution >= 4 is 34.6 Å². The molecular formula is C19H18ClFN2O2S. The molecule has 0 aliphatic carbocycles. The van der Waals surface area contributed by atoms with Gasteiger partial charge < -0.3 is 19.7 Å². The van der Waals surface area contributed by atoms with Crippen LogP contribution in [0.4, 0.5) is 10.1 Å². The molecule has 2 aromatic rings. The van der Waals surface area contributed by atoms with E-state index in [0.717, 1.165) is 36.4 Å². The normalized spacial score (nSPS) is 18.7. The van der Waals surface area contributed by atoms with Crippen molar-refractivity contribution in [1.29, 1.82) is 0 Å². The van der Waals surface area contributed by atoms with Crippen LogP contribution in [-0.2, 0) is 0 Å². The minimum atomic E-state index is -0.446. The van der Waals surface area contributed by atoms with Crippen LogP contribution in [0.3, 0.4) is 0 Å². The Kier molecular flexibility index (Phi) is 4.87. The quantitative estimate of drug-likeness (QED) is 0.743. The second kappa shape index (κ2) is 7.29. The van der Waals surface area contributed by atoms with E-state index in [9.17, 15) is 4.39 Å². The van der Waals surface area contributed by atoms with Crippen molar-refractivity contribution in [2.24, 2.45) is 0 Å². The fourth-order valence-corrected chi connectivity index (χ4v) is 3.91. The Bertz CT molecular complexity index is 848. The molecule has 0 saturated carbocycles. The van der Waals surface area contributed by atoms with Gasteiger partial charge in [0.1, 0.15) is 19.0 Å². The van der Waals surface area contributed by atoms with E-state index in [2.05, 4.69) is 16.3 Å². The van der Waals surface area contributed by atoms with Gasteiger partial charge in [-0.3, -0.25) is 0 Å². The van der Waals surface area contributed by atoms with Crippen molar-refractivity contribution in [3.63, 3.8) is 0 Å². The maximum Gasteiger partial charge on any atom is 0.173 e. The van der Waals surface area contributed by atoms with Gasteiger partial charge in [-0.1, -0.05) is 17.7 Å². The highest BCUT2D eigenvalue weighted by atomic mass is 35.5. The number of nitrogens with zero attached hydrogens (tertiary/aromatic N) is 1. The number of hydrogen-bond acceptors (Lipinski definition) is 3. The second-order valence-corrected chi connectivity index (χ2v) is 7.11. The number of benzene rings is 2. The van der Waals surface area contributed by atoms with Gasteiger partial charge >= 0.3 is 0 Å². The highest BCUT2D eigenvalue weighted by Gasteiger charge is 2.29. The van der Waals surface area contributed by atoms with E-state index >= 15 is 0 Å². The fraction of sp³-hybridized carbons (Fsp3) is 0.316. The zero-order valence-corrected chi connectivity index (χ0v) is 15.6. The Morgan fingerprint density at radius 1 is 1.15 bits per heavy atom. The van der Waals surface area contributed by atoms with E-state index < -0.39 is 5.82 Å². The van der Waals surface area contributed by atoms with Crippen molar-refractivity contribution in [3.05, 3.63) is 52.8 Å². The van der Waals surface area contributed by atoms with Crippen LogP contribution in [0.2, 0.25) is 5.02 Å². The predicted molar refractivity (Wildman–Crippen MR) is 104 cm³/mol. The van der Waals surface area contributed by atoms with Crippen molar-refractivity contribution < 1.29 is 13.9 Å². The van der Waals surface area contributed by atoms with Gasteiger partial charge in [0.15, 0.2) is 16.6 Å². The van der Waals surface area contributed by atoms with Crippen LogP contribution in [0.5, 0.6) is 11.5 Å². The maximum absolute atomic E-state index is 13.3. The molecule has 4 rings (SSSR count). The van der Waals surface area contributed by atoms with Crippen molar-refractivity contribution in [3.8, 4) is 11.5 Å². The summed E-state index contributed by atoms with van der Waals surface area (Å²) in [7, 11) is 0. The minimum absolute atomic E-state index is 0.0719. The van der Waals surface area contributed by atoms with Gasteiger partial charge in [-0.2, -0.15) is 0 Å². The molecule has 1 fully saturated rings. The van der Waals surface area contributed by atoms with Crippen LogP contribution in [0.1, 0.15) is 24.4 Å². The molecule has 0 radical (unpaired) electrons. The number of rotatable bonds is 2. The van der Waals surface area contributed by atoms with Gasteiger partial charge in [-0.25, -0.2) is 4.39 Å². The van der Waals surface area contributed by atoms with Crippen LogP contribution < -0.4 is 14.8 Å². The second-order valence-electron chi connectivity index (χ2n) is 6.31. The summed E-state index contributed by atoms with van der Waals surface area (Å²) in [5, 5.41) is 3.84. The molecule has 1 atom stereocenters. The summed E-state index contributed by atoms with van der Waals surface area (Å²) in [6.07, 6.45) is 2.05. The van der Waals surface area contributed by atoms with E-state index in [4.69, 9.17) is 33.3 Å². The molecule has 0 unspecified atom stereocenters. The zero-order valence-electron chi connectivity index (χ0n) is 14.0. The number of halogens is 2. The minimum Gasteiger partial charge on any atom is -0.486 e. The third-order valence-corrected chi connectivity index (χ3v) is 5.26. The Balaban J connectivity index is 1.52. The van der Waals surface area contributed by atoms with E-state index in [1.54, 1.807) is 12.1 Å². The molecule has 1 N–H and O–H groups in total. The highest BCUT2D eigenvalue weighted by molar-refractivity contribution is 7.80. The zero-order chi connectivity index (χ0) is 18.1. The Morgan fingerprint density at radius 3 is 2.77 bits per heavy atom. The SMILES string of the molecule is Fc1ccc(NC(=S)N2CCC[C@@H]2c2ccc3c(c2)OCCO3)cc1Cl. The first-order valence-electron chi connectivity index (χ1n) is 8.54. The predicted octanol–water partition coefficient (Wildman–Crippen LogP) is 4.78. The Labute approximate surface area is 161 Å². The smallest absolute Gasteiger partial charge is 0.173 e. The number of nitrogens with one attached hydrogen (secondary N) is 1. The van der Waals surface area contributed by atoms with Crippen molar-refractivity contribution in [2.75, 3.05) is 25.1 Å². The average molecular weight is 393 g/mol. The van der Waals surface area contributed by atoms with Gasteiger partial charge in [0.25, 0.3) is 0 Å². The summed E-state index contributed by atoms with van der Waals surface area (Å²) < 4.78 is 24.6.